The van der Waals surface area contributed by atoms with Crippen LogP contribution in [0.25, 0.3) is 10.9 Å². The van der Waals surface area contributed by atoms with Crippen LogP contribution in [0.4, 0.5) is 23.2 Å². The highest BCUT2D eigenvalue weighted by molar-refractivity contribution is 7.92. The summed E-state index contributed by atoms with van der Waals surface area (Å²) < 4.78 is 108. The highest BCUT2D eigenvalue weighted by atomic mass is 32.2. The lowest BCUT2D eigenvalue weighted by Crippen LogP contribution is -2.38. The molecule has 5 rings (SSSR count). The molecule has 0 saturated carbocycles. The molecule has 44 heavy (non-hydrogen) atoms. The number of fused-ring (bicyclic) bond motifs is 1. The summed E-state index contributed by atoms with van der Waals surface area (Å²) in [6.07, 6.45) is -3.66. The summed E-state index contributed by atoms with van der Waals surface area (Å²) in [4.78, 5) is 5.84. The van der Waals surface area contributed by atoms with Crippen molar-refractivity contribution in [2.24, 2.45) is 0 Å². The number of anilines is 1. The molecule has 234 valence electrons. The van der Waals surface area contributed by atoms with Gasteiger partial charge in [-0.1, -0.05) is 12.1 Å². The first kappa shape index (κ1) is 31.1. The van der Waals surface area contributed by atoms with E-state index in [1.807, 2.05) is 0 Å². The van der Waals surface area contributed by atoms with Crippen LogP contribution in [0, 0.1) is 5.82 Å². The molecule has 4 aromatic rings. The Labute approximate surface area is 250 Å². The topological polar surface area (TPSA) is 108 Å². The first-order chi connectivity index (χ1) is 21.0. The van der Waals surface area contributed by atoms with Gasteiger partial charge in [-0.15, -0.1) is 13.2 Å². The number of nitrogens with zero attached hydrogens (tertiary/aromatic N) is 2. The van der Waals surface area contributed by atoms with Gasteiger partial charge in [0.05, 0.1) is 26.0 Å². The first-order valence-corrected chi connectivity index (χ1v) is 14.8. The fraction of sp³-hybridized carbons (Fsp3) is 0.276. The largest absolute Gasteiger partial charge is 0.573 e. The maximum Gasteiger partial charge on any atom is 0.573 e. The molecule has 10 nitrogen and oxygen atoms in total. The second-order valence-corrected chi connectivity index (χ2v) is 11.1. The van der Waals surface area contributed by atoms with Gasteiger partial charge in [0.2, 0.25) is 0 Å². The van der Waals surface area contributed by atoms with Gasteiger partial charge in [-0.05, 0) is 42.5 Å². The van der Waals surface area contributed by atoms with Crippen molar-refractivity contribution in [2.75, 3.05) is 51.3 Å². The van der Waals surface area contributed by atoms with E-state index in [-0.39, 0.29) is 17.2 Å². The van der Waals surface area contributed by atoms with Crippen molar-refractivity contribution >= 4 is 26.6 Å². The second-order valence-electron chi connectivity index (χ2n) is 9.45. The number of nitrogens with one attached hydrogen (secondary N) is 1. The van der Waals surface area contributed by atoms with E-state index in [4.69, 9.17) is 18.9 Å². The zero-order valence-electron chi connectivity index (χ0n) is 23.3. The average molecular weight is 638 g/mol. The molecule has 0 amide bonds. The molecule has 0 aliphatic carbocycles. The number of pyridine rings is 1. The van der Waals surface area contributed by atoms with Crippen LogP contribution in [-0.2, 0) is 14.8 Å². The fourth-order valence-electron chi connectivity index (χ4n) is 4.52. The lowest BCUT2D eigenvalue weighted by molar-refractivity contribution is -0.275. The Balaban J connectivity index is 1.33. The standard InChI is InChI=1S/C29H27F4N3O7S/c1-39-28-25(41-17-14-36-12-15-40-16-13-36)9-7-20-22(10-11-34-27(20)28)42-23-8-6-19(18-21(23)30)35-44(37,38)26-5-3-2-4-24(26)43-29(31,32)33/h2-11,18,35H,12-17H2,1H3. The minimum absolute atomic E-state index is 0.235. The highest BCUT2D eigenvalue weighted by Gasteiger charge is 2.34. The lowest BCUT2D eigenvalue weighted by atomic mass is 10.1. The number of rotatable bonds is 11. The molecule has 15 heteroatoms. The highest BCUT2D eigenvalue weighted by Crippen LogP contribution is 2.40. The normalized spacial score (nSPS) is 14.3. The van der Waals surface area contributed by atoms with Crippen molar-refractivity contribution in [1.29, 1.82) is 0 Å². The molecule has 1 aromatic heterocycles. The summed E-state index contributed by atoms with van der Waals surface area (Å²) >= 11 is 0. The van der Waals surface area contributed by atoms with Crippen molar-refractivity contribution in [3.8, 4) is 28.7 Å². The zero-order valence-corrected chi connectivity index (χ0v) is 24.1. The SMILES string of the molecule is COc1c(OCCN2CCOCC2)ccc2c(Oc3ccc(NS(=O)(=O)c4ccccc4OC(F)(F)F)cc3F)ccnc12. The van der Waals surface area contributed by atoms with Crippen molar-refractivity contribution in [3.05, 3.63) is 72.7 Å². The number of para-hydroxylation sites is 1. The Morgan fingerprint density at radius 3 is 2.45 bits per heavy atom. The maximum atomic E-state index is 15.1. The van der Waals surface area contributed by atoms with Crippen LogP contribution in [0.3, 0.4) is 0 Å². The minimum Gasteiger partial charge on any atom is -0.491 e. The number of hydrogen-bond acceptors (Lipinski definition) is 9. The van der Waals surface area contributed by atoms with E-state index >= 15 is 4.39 Å². The predicted molar refractivity (Wildman–Crippen MR) is 151 cm³/mol. The number of benzene rings is 3. The van der Waals surface area contributed by atoms with Gasteiger partial charge in [0.1, 0.15) is 28.5 Å². The second kappa shape index (κ2) is 13.1. The van der Waals surface area contributed by atoms with Crippen LogP contribution < -0.4 is 23.7 Å². The Morgan fingerprint density at radius 1 is 0.977 bits per heavy atom. The first-order valence-electron chi connectivity index (χ1n) is 13.3. The summed E-state index contributed by atoms with van der Waals surface area (Å²) in [5.41, 5.74) is 0.162. The summed E-state index contributed by atoms with van der Waals surface area (Å²) in [5.74, 6) is -1.04. The molecule has 0 unspecified atom stereocenters. The molecule has 0 bridgehead atoms. The molecule has 0 atom stereocenters. The van der Waals surface area contributed by atoms with E-state index in [1.54, 1.807) is 12.1 Å². The molecule has 1 N–H and O–H groups in total. The predicted octanol–water partition coefficient (Wildman–Crippen LogP) is 5.59. The summed E-state index contributed by atoms with van der Waals surface area (Å²) in [6, 6.07) is 12.3. The molecule has 1 fully saturated rings. The van der Waals surface area contributed by atoms with Crippen LogP contribution in [0.2, 0.25) is 0 Å². The molecule has 1 saturated heterocycles. The van der Waals surface area contributed by atoms with Crippen molar-refractivity contribution in [3.63, 3.8) is 0 Å². The van der Waals surface area contributed by atoms with Gasteiger partial charge < -0.3 is 23.7 Å². The summed E-state index contributed by atoms with van der Waals surface area (Å²) in [6.45, 7) is 4.14. The summed E-state index contributed by atoms with van der Waals surface area (Å²) in [7, 11) is -3.11. The molecule has 3 aromatic carbocycles. The lowest BCUT2D eigenvalue weighted by Gasteiger charge is -2.26. The van der Waals surface area contributed by atoms with Gasteiger partial charge >= 0.3 is 6.36 Å². The molecule has 0 spiro atoms. The molecule has 1 aliphatic rings. The van der Waals surface area contributed by atoms with Crippen LogP contribution in [0.15, 0.2) is 71.8 Å². The van der Waals surface area contributed by atoms with Gasteiger partial charge in [-0.25, -0.2) is 12.8 Å². The Hall–Kier alpha value is -4.34. The number of alkyl halides is 3. The van der Waals surface area contributed by atoms with Crippen LogP contribution in [0.5, 0.6) is 28.7 Å². The Kier molecular flexibility index (Phi) is 9.27. The van der Waals surface area contributed by atoms with Gasteiger partial charge in [-0.3, -0.25) is 14.6 Å². The molecular formula is C29H27F4N3O7S. The van der Waals surface area contributed by atoms with E-state index in [1.165, 1.54) is 43.6 Å². The molecular weight excluding hydrogens is 610 g/mol. The third kappa shape index (κ3) is 7.41. The number of ether oxygens (including phenoxy) is 5. The number of morpholine rings is 1. The van der Waals surface area contributed by atoms with Crippen molar-refractivity contribution in [2.45, 2.75) is 11.3 Å². The number of aromatic nitrogens is 1. The Morgan fingerprint density at radius 2 is 1.73 bits per heavy atom. The number of hydrogen-bond donors (Lipinski definition) is 1. The maximum absolute atomic E-state index is 15.1. The smallest absolute Gasteiger partial charge is 0.491 e. The minimum atomic E-state index is -5.12. The molecule has 1 aliphatic heterocycles. The number of sulfonamides is 1. The van der Waals surface area contributed by atoms with Gasteiger partial charge in [0.25, 0.3) is 10.0 Å². The van der Waals surface area contributed by atoms with Gasteiger partial charge in [-0.2, -0.15) is 0 Å². The van der Waals surface area contributed by atoms with Gasteiger partial charge in [0.15, 0.2) is 23.1 Å². The molecule has 2 heterocycles. The van der Waals surface area contributed by atoms with E-state index in [9.17, 15) is 21.6 Å². The monoisotopic (exact) mass is 637 g/mol. The fourth-order valence-corrected chi connectivity index (χ4v) is 5.69. The number of halogens is 4. The van der Waals surface area contributed by atoms with Crippen LogP contribution in [-0.4, -0.2) is 71.2 Å². The van der Waals surface area contributed by atoms with Crippen LogP contribution >= 0.6 is 0 Å². The van der Waals surface area contributed by atoms with E-state index in [2.05, 4.69) is 19.3 Å². The third-order valence-corrected chi connectivity index (χ3v) is 7.95. The molecule has 0 radical (unpaired) electrons. The third-order valence-electron chi connectivity index (χ3n) is 6.53. The van der Waals surface area contributed by atoms with E-state index in [0.717, 1.165) is 31.3 Å². The Bertz CT molecular complexity index is 1730. The zero-order chi connectivity index (χ0) is 31.3. The van der Waals surface area contributed by atoms with Crippen molar-refractivity contribution in [1.82, 2.24) is 9.88 Å². The average Bonchev–Trinajstić information content (AvgIpc) is 2.98. The van der Waals surface area contributed by atoms with E-state index in [0.29, 0.717) is 48.8 Å². The van der Waals surface area contributed by atoms with Gasteiger partial charge in [0, 0.05) is 37.3 Å². The number of methoxy groups -OCH3 is 1. The van der Waals surface area contributed by atoms with Crippen LogP contribution in [0.1, 0.15) is 0 Å². The quantitative estimate of drug-likeness (QED) is 0.211. The van der Waals surface area contributed by atoms with E-state index < -0.39 is 32.8 Å². The van der Waals surface area contributed by atoms with Crippen molar-refractivity contribution < 1.29 is 49.7 Å². The summed E-state index contributed by atoms with van der Waals surface area (Å²) in [5, 5.41) is 0.496.